The third kappa shape index (κ3) is 60.8. The van der Waals surface area contributed by atoms with Crippen molar-refractivity contribution in [3.05, 3.63) is 109 Å². The average Bonchev–Trinajstić information content (AvgIpc) is 3.41. The van der Waals surface area contributed by atoms with Gasteiger partial charge in [0.25, 0.3) is 0 Å². The molecule has 75 heavy (non-hydrogen) atoms. The molecule has 428 valence electrons. The molecule has 0 spiro atoms. The highest BCUT2D eigenvalue weighted by Crippen LogP contribution is 2.15. The van der Waals surface area contributed by atoms with E-state index in [-0.39, 0.29) is 31.1 Å². The van der Waals surface area contributed by atoms with E-state index in [2.05, 4.69) is 130 Å². The normalized spacial score (nSPS) is 12.8. The van der Waals surface area contributed by atoms with E-state index in [0.29, 0.717) is 19.3 Å². The number of ether oxygens (including phenoxy) is 3. The summed E-state index contributed by atoms with van der Waals surface area (Å²) in [5.74, 6) is -0.923. The van der Waals surface area contributed by atoms with Crippen LogP contribution in [0.5, 0.6) is 0 Å². The average molecular weight is 1040 g/mol. The minimum atomic E-state index is -0.798. The first-order chi connectivity index (χ1) is 37.0. The summed E-state index contributed by atoms with van der Waals surface area (Å²) in [6, 6.07) is 0. The molecule has 0 heterocycles. The van der Waals surface area contributed by atoms with Crippen molar-refractivity contribution in [2.75, 3.05) is 13.2 Å². The zero-order valence-electron chi connectivity index (χ0n) is 49.0. The number of carbonyl (C=O) groups is 3. The molecule has 0 aromatic rings. The van der Waals surface area contributed by atoms with Gasteiger partial charge in [-0.05, 0) is 122 Å². The monoisotopic (exact) mass is 1040 g/mol. The van der Waals surface area contributed by atoms with Crippen LogP contribution in [-0.2, 0) is 28.6 Å². The molecule has 0 aromatic heterocycles. The Balaban J connectivity index is 4.39. The summed E-state index contributed by atoms with van der Waals surface area (Å²) in [7, 11) is 0. The SMILES string of the molecule is CC/C=C\C/C=C\C/C=C\C/C=C\C/C=C\CCCCCCCC(=O)OC(COC(=O)CCCCCCC/C=C\C/C=C\CCC)COC(=O)CCCCCCCCCCCCC/C=C\C/C=C\CCCCCCC. The highest BCUT2D eigenvalue weighted by molar-refractivity contribution is 5.71. The van der Waals surface area contributed by atoms with Crippen LogP contribution in [0.2, 0.25) is 0 Å². The van der Waals surface area contributed by atoms with Gasteiger partial charge in [0.2, 0.25) is 0 Å². The number of hydrogen-bond donors (Lipinski definition) is 0. The lowest BCUT2D eigenvalue weighted by Gasteiger charge is -2.18. The van der Waals surface area contributed by atoms with Crippen LogP contribution in [0, 0.1) is 0 Å². The van der Waals surface area contributed by atoms with Gasteiger partial charge < -0.3 is 14.2 Å². The number of esters is 3. The Labute approximate surface area is 463 Å². The second-order valence-electron chi connectivity index (χ2n) is 20.6. The predicted molar refractivity (Wildman–Crippen MR) is 325 cm³/mol. The van der Waals surface area contributed by atoms with Crippen molar-refractivity contribution in [3.63, 3.8) is 0 Å². The maximum atomic E-state index is 12.9. The molecule has 0 bridgehead atoms. The minimum Gasteiger partial charge on any atom is -0.462 e. The van der Waals surface area contributed by atoms with Gasteiger partial charge in [-0.15, -0.1) is 0 Å². The Hall–Kier alpha value is -3.93. The Morgan fingerprint density at radius 2 is 0.547 bits per heavy atom. The summed E-state index contributed by atoms with van der Waals surface area (Å²) in [6.07, 6.45) is 85.1. The van der Waals surface area contributed by atoms with Gasteiger partial charge in [0.15, 0.2) is 6.10 Å². The number of unbranched alkanes of at least 4 members (excludes halogenated alkanes) is 27. The third-order valence-corrected chi connectivity index (χ3v) is 13.2. The van der Waals surface area contributed by atoms with Crippen LogP contribution >= 0.6 is 0 Å². The molecule has 0 saturated heterocycles. The fourth-order valence-electron chi connectivity index (χ4n) is 8.54. The van der Waals surface area contributed by atoms with Crippen molar-refractivity contribution in [2.45, 2.75) is 297 Å². The van der Waals surface area contributed by atoms with E-state index in [4.69, 9.17) is 14.2 Å². The lowest BCUT2D eigenvalue weighted by Crippen LogP contribution is -2.30. The standard InChI is InChI=1S/C69H116O6/c1-4-7-10-13-16-19-22-25-27-29-31-33-34-36-37-39-41-44-47-50-53-56-59-62-68(71)74-65-66(64-73-67(70)61-58-55-52-49-46-43-24-21-18-15-12-9-6-3)75-69(72)63-60-57-54-51-48-45-42-40-38-35-32-30-28-26-23-20-17-14-11-8-5-2/h8,11-12,15,17,20-22,24-26,28-29,31-32,35,40,42,66H,4-7,9-10,13-14,16,18-19,23,27,30,33-34,36-39,41,43-65H2,1-3H3/b11-8-,15-12-,20-17-,24-21-,25-22-,28-26-,31-29-,35-32-,42-40-. The van der Waals surface area contributed by atoms with Crippen LogP contribution in [0.1, 0.15) is 290 Å². The topological polar surface area (TPSA) is 78.9 Å². The molecule has 6 nitrogen and oxygen atoms in total. The molecular weight excluding hydrogens is 925 g/mol. The number of hydrogen-bond acceptors (Lipinski definition) is 6. The molecular formula is C69H116O6. The zero-order valence-corrected chi connectivity index (χ0v) is 49.0. The molecule has 6 heteroatoms. The van der Waals surface area contributed by atoms with Crippen LogP contribution in [0.25, 0.3) is 0 Å². The van der Waals surface area contributed by atoms with Gasteiger partial charge in [-0.2, -0.15) is 0 Å². The molecule has 1 unspecified atom stereocenters. The van der Waals surface area contributed by atoms with E-state index in [1.165, 1.54) is 103 Å². The fraction of sp³-hybridized carbons (Fsp3) is 0.696. The second kappa shape index (κ2) is 62.6. The van der Waals surface area contributed by atoms with Gasteiger partial charge in [-0.25, -0.2) is 0 Å². The van der Waals surface area contributed by atoms with Crippen molar-refractivity contribution in [2.24, 2.45) is 0 Å². The Kier molecular flexibility index (Phi) is 59.3. The fourth-order valence-corrected chi connectivity index (χ4v) is 8.54. The Morgan fingerprint density at radius 1 is 0.280 bits per heavy atom. The molecule has 0 aliphatic carbocycles. The van der Waals surface area contributed by atoms with E-state index in [1.807, 2.05) is 0 Å². The molecule has 0 aliphatic rings. The van der Waals surface area contributed by atoms with E-state index in [9.17, 15) is 14.4 Å². The maximum absolute atomic E-state index is 12.9. The summed E-state index contributed by atoms with van der Waals surface area (Å²) in [4.78, 5) is 38.3. The third-order valence-electron chi connectivity index (χ3n) is 13.2. The quantitative estimate of drug-likeness (QED) is 0.0261. The number of carbonyl (C=O) groups excluding carboxylic acids is 3. The van der Waals surface area contributed by atoms with Gasteiger partial charge in [-0.3, -0.25) is 14.4 Å². The summed E-state index contributed by atoms with van der Waals surface area (Å²) in [5.41, 5.74) is 0. The molecule has 0 radical (unpaired) electrons. The smallest absolute Gasteiger partial charge is 0.306 e. The van der Waals surface area contributed by atoms with Crippen molar-refractivity contribution in [3.8, 4) is 0 Å². The van der Waals surface area contributed by atoms with Gasteiger partial charge in [0.05, 0.1) is 0 Å². The minimum absolute atomic E-state index is 0.0925. The van der Waals surface area contributed by atoms with E-state index in [0.717, 1.165) is 148 Å². The molecule has 0 amide bonds. The van der Waals surface area contributed by atoms with Gasteiger partial charge in [-0.1, -0.05) is 259 Å². The second-order valence-corrected chi connectivity index (χ2v) is 20.6. The van der Waals surface area contributed by atoms with Crippen molar-refractivity contribution in [1.82, 2.24) is 0 Å². The Morgan fingerprint density at radius 3 is 0.867 bits per heavy atom. The first-order valence-electron chi connectivity index (χ1n) is 31.4. The van der Waals surface area contributed by atoms with Crippen LogP contribution in [-0.4, -0.2) is 37.2 Å². The molecule has 0 saturated carbocycles. The van der Waals surface area contributed by atoms with E-state index in [1.54, 1.807) is 0 Å². The predicted octanol–water partition coefficient (Wildman–Crippen LogP) is 21.4. The number of rotatable bonds is 56. The largest absolute Gasteiger partial charge is 0.462 e. The van der Waals surface area contributed by atoms with Crippen LogP contribution < -0.4 is 0 Å². The summed E-state index contributed by atoms with van der Waals surface area (Å²) in [5, 5.41) is 0. The highest BCUT2D eigenvalue weighted by atomic mass is 16.6. The Bertz CT molecular complexity index is 1520. The van der Waals surface area contributed by atoms with Gasteiger partial charge in [0.1, 0.15) is 13.2 Å². The molecule has 0 rings (SSSR count). The lowest BCUT2D eigenvalue weighted by molar-refractivity contribution is -0.167. The van der Waals surface area contributed by atoms with Crippen LogP contribution in [0.3, 0.4) is 0 Å². The van der Waals surface area contributed by atoms with Crippen molar-refractivity contribution < 1.29 is 28.6 Å². The maximum Gasteiger partial charge on any atom is 0.306 e. The molecule has 0 aromatic carbocycles. The molecule has 0 N–H and O–H groups in total. The van der Waals surface area contributed by atoms with E-state index < -0.39 is 6.10 Å². The summed E-state index contributed by atoms with van der Waals surface area (Å²) < 4.78 is 16.9. The zero-order chi connectivity index (χ0) is 54.3. The van der Waals surface area contributed by atoms with E-state index >= 15 is 0 Å². The summed E-state index contributed by atoms with van der Waals surface area (Å²) in [6.45, 7) is 6.44. The number of allylic oxidation sites excluding steroid dienone is 18. The highest BCUT2D eigenvalue weighted by Gasteiger charge is 2.19. The van der Waals surface area contributed by atoms with Gasteiger partial charge in [0, 0.05) is 19.3 Å². The van der Waals surface area contributed by atoms with Crippen LogP contribution in [0.4, 0.5) is 0 Å². The first-order valence-corrected chi connectivity index (χ1v) is 31.4. The molecule has 1 atom stereocenters. The molecule has 0 aliphatic heterocycles. The summed E-state index contributed by atoms with van der Waals surface area (Å²) >= 11 is 0. The molecule has 0 fully saturated rings. The van der Waals surface area contributed by atoms with Crippen molar-refractivity contribution in [1.29, 1.82) is 0 Å². The van der Waals surface area contributed by atoms with Gasteiger partial charge >= 0.3 is 17.9 Å². The van der Waals surface area contributed by atoms with Crippen LogP contribution in [0.15, 0.2) is 109 Å². The van der Waals surface area contributed by atoms with Crippen molar-refractivity contribution >= 4 is 17.9 Å². The first kappa shape index (κ1) is 71.1. The lowest BCUT2D eigenvalue weighted by atomic mass is 10.0.